The van der Waals surface area contributed by atoms with E-state index in [4.69, 9.17) is 4.74 Å². The molecule has 4 rings (SSSR count). The zero-order valence-electron chi connectivity index (χ0n) is 20.2. The van der Waals surface area contributed by atoms with Crippen LogP contribution < -0.4 is 0 Å². The van der Waals surface area contributed by atoms with E-state index in [1.807, 2.05) is 0 Å². The maximum absolute atomic E-state index is 13.0. The minimum atomic E-state index is -0.420. The van der Waals surface area contributed by atoms with Gasteiger partial charge in [0.15, 0.2) is 0 Å². The Balaban J connectivity index is 1.39. The zero-order chi connectivity index (χ0) is 22.7. The van der Waals surface area contributed by atoms with Crippen molar-refractivity contribution in [2.45, 2.75) is 110 Å². The molecular formula is C28H44O4. The Hall–Kier alpha value is -1.13. The lowest BCUT2D eigenvalue weighted by atomic mass is 9.61. The summed E-state index contributed by atoms with van der Waals surface area (Å²) in [7, 11) is 0. The van der Waals surface area contributed by atoms with Crippen molar-refractivity contribution in [3.8, 4) is 0 Å². The van der Waals surface area contributed by atoms with Gasteiger partial charge in [-0.3, -0.25) is 4.79 Å². The molecule has 0 aromatic heterocycles. The van der Waals surface area contributed by atoms with Crippen LogP contribution in [0.4, 0.5) is 0 Å². The summed E-state index contributed by atoms with van der Waals surface area (Å²) in [6.45, 7) is 5.13. The molecule has 4 aliphatic carbocycles. The number of aliphatic hydroxyl groups excluding tert-OH is 2. The second kappa shape index (κ2) is 10.4. The number of carbonyl (C=O) groups excluding carboxylic acids is 1. The Morgan fingerprint density at radius 3 is 2.50 bits per heavy atom. The molecule has 4 nitrogen and oxygen atoms in total. The van der Waals surface area contributed by atoms with Crippen molar-refractivity contribution in [3.05, 3.63) is 23.3 Å². The third-order valence-corrected chi connectivity index (χ3v) is 9.27. The fourth-order valence-corrected chi connectivity index (χ4v) is 7.48. The van der Waals surface area contributed by atoms with E-state index < -0.39 is 12.2 Å². The van der Waals surface area contributed by atoms with Crippen LogP contribution >= 0.6 is 0 Å². The molecule has 0 aromatic carbocycles. The van der Waals surface area contributed by atoms with Crippen LogP contribution in [0.1, 0.15) is 97.3 Å². The number of aliphatic hydroxyl groups is 2. The van der Waals surface area contributed by atoms with Gasteiger partial charge in [-0.05, 0) is 87.4 Å². The van der Waals surface area contributed by atoms with Crippen LogP contribution in [0.2, 0.25) is 0 Å². The minimum Gasteiger partial charge on any atom is -0.465 e. The Bertz CT molecular complexity index is 707. The molecule has 4 saturated carbocycles. The molecule has 0 radical (unpaired) electrons. The van der Waals surface area contributed by atoms with Crippen LogP contribution in [0, 0.1) is 29.1 Å². The summed E-state index contributed by atoms with van der Waals surface area (Å²) in [6, 6.07) is 0. The third-order valence-electron chi connectivity index (χ3n) is 9.27. The molecule has 0 spiro atoms. The molecule has 0 unspecified atom stereocenters. The highest BCUT2D eigenvalue weighted by atomic mass is 16.5. The average Bonchev–Trinajstić information content (AvgIpc) is 3.13. The predicted octanol–water partition coefficient (Wildman–Crippen LogP) is 5.72. The molecule has 4 heteroatoms. The van der Waals surface area contributed by atoms with Crippen LogP contribution in [0.3, 0.4) is 0 Å². The smallest absolute Gasteiger partial charge is 0.308 e. The molecule has 4 aliphatic rings. The summed E-state index contributed by atoms with van der Waals surface area (Å²) < 4.78 is 5.84. The fraction of sp³-hybridized carbons (Fsp3) is 0.821. The predicted molar refractivity (Wildman–Crippen MR) is 127 cm³/mol. The van der Waals surface area contributed by atoms with Crippen LogP contribution in [-0.2, 0) is 9.53 Å². The molecule has 0 amide bonds. The normalized spacial score (nSPS) is 38.4. The number of carbonyl (C=O) groups is 1. The fourth-order valence-electron chi connectivity index (χ4n) is 7.48. The molecule has 0 heterocycles. The van der Waals surface area contributed by atoms with E-state index >= 15 is 0 Å². The van der Waals surface area contributed by atoms with Crippen LogP contribution in [0.25, 0.3) is 0 Å². The first-order chi connectivity index (χ1) is 15.4. The number of hydrogen-bond donors (Lipinski definition) is 2. The van der Waals surface area contributed by atoms with Gasteiger partial charge in [0.05, 0.1) is 24.7 Å². The van der Waals surface area contributed by atoms with Crippen molar-refractivity contribution in [2.75, 3.05) is 6.61 Å². The van der Waals surface area contributed by atoms with E-state index in [0.29, 0.717) is 43.6 Å². The second-order valence-electron chi connectivity index (χ2n) is 11.5. The number of esters is 1. The summed E-state index contributed by atoms with van der Waals surface area (Å²) in [6.07, 6.45) is 17.5. The van der Waals surface area contributed by atoms with E-state index in [1.54, 1.807) is 0 Å². The number of allylic oxidation sites excluding steroid dienone is 3. The SMILES string of the molecule is C[C@H](C(=O)OCC1CCCCC1)[C@H]1CC[C@H]2C(=CC=C3C[C@@H](O)C[C@H](O)C3)CCC[C@]12C. The lowest BCUT2D eigenvalue weighted by molar-refractivity contribution is -0.153. The van der Waals surface area contributed by atoms with Gasteiger partial charge >= 0.3 is 5.97 Å². The number of rotatable bonds is 5. The lowest BCUT2D eigenvalue weighted by Crippen LogP contribution is -2.38. The second-order valence-corrected chi connectivity index (χ2v) is 11.5. The monoisotopic (exact) mass is 444 g/mol. The first kappa shape index (κ1) is 24.0. The average molecular weight is 445 g/mol. The maximum atomic E-state index is 13.0. The van der Waals surface area contributed by atoms with Gasteiger partial charge in [-0.25, -0.2) is 0 Å². The zero-order valence-corrected chi connectivity index (χ0v) is 20.2. The van der Waals surface area contributed by atoms with E-state index in [2.05, 4.69) is 26.0 Å². The number of fused-ring (bicyclic) bond motifs is 1. The molecule has 32 heavy (non-hydrogen) atoms. The first-order valence-electron chi connectivity index (χ1n) is 13.3. The molecule has 0 saturated heterocycles. The number of ether oxygens (including phenoxy) is 1. The molecular weight excluding hydrogens is 400 g/mol. The van der Waals surface area contributed by atoms with Crippen molar-refractivity contribution >= 4 is 5.97 Å². The van der Waals surface area contributed by atoms with Gasteiger partial charge in [-0.15, -0.1) is 0 Å². The van der Waals surface area contributed by atoms with Gasteiger partial charge in [0, 0.05) is 0 Å². The van der Waals surface area contributed by atoms with Gasteiger partial charge < -0.3 is 14.9 Å². The summed E-state index contributed by atoms with van der Waals surface area (Å²) >= 11 is 0. The van der Waals surface area contributed by atoms with Crippen molar-refractivity contribution in [1.82, 2.24) is 0 Å². The summed E-state index contributed by atoms with van der Waals surface area (Å²) in [5.74, 6) is 1.48. The minimum absolute atomic E-state index is 0.0193. The molecule has 0 bridgehead atoms. The summed E-state index contributed by atoms with van der Waals surface area (Å²) in [5, 5.41) is 20.0. The van der Waals surface area contributed by atoms with E-state index in [9.17, 15) is 15.0 Å². The van der Waals surface area contributed by atoms with E-state index in [1.165, 1.54) is 50.5 Å². The van der Waals surface area contributed by atoms with Gasteiger partial charge in [0.25, 0.3) is 0 Å². The molecule has 180 valence electrons. The Labute approximate surface area is 194 Å². The molecule has 0 aliphatic heterocycles. The molecule has 0 aromatic rings. The highest BCUT2D eigenvalue weighted by Crippen LogP contribution is 2.59. The molecule has 6 atom stereocenters. The number of hydrogen-bond acceptors (Lipinski definition) is 4. The van der Waals surface area contributed by atoms with Gasteiger partial charge in [0.2, 0.25) is 0 Å². The highest BCUT2D eigenvalue weighted by Gasteiger charge is 2.52. The van der Waals surface area contributed by atoms with Crippen molar-refractivity contribution < 1.29 is 19.7 Å². The Morgan fingerprint density at radius 1 is 1.06 bits per heavy atom. The lowest BCUT2D eigenvalue weighted by Gasteiger charge is -2.43. The quantitative estimate of drug-likeness (QED) is 0.532. The first-order valence-corrected chi connectivity index (χ1v) is 13.3. The Kier molecular flexibility index (Phi) is 7.82. The molecule has 4 fully saturated rings. The van der Waals surface area contributed by atoms with Gasteiger partial charge in [-0.2, -0.15) is 0 Å². The standard InChI is InChI=1S/C28H44O4/c1-19(27(31)32-18-20-7-4-3-5-8-20)25-12-13-26-22(9-6-14-28(25,26)2)11-10-21-15-23(29)17-24(30)16-21/h10-11,19-20,23-26,29-30H,3-9,12-18H2,1-2H3/t19-,23+,24+,25+,26-,28+/m0/s1. The van der Waals surface area contributed by atoms with Gasteiger partial charge in [0.1, 0.15) is 0 Å². The van der Waals surface area contributed by atoms with Crippen molar-refractivity contribution in [2.24, 2.45) is 29.1 Å². The maximum Gasteiger partial charge on any atom is 0.308 e. The molecule has 2 N–H and O–H groups in total. The third kappa shape index (κ3) is 5.33. The Morgan fingerprint density at radius 2 is 1.78 bits per heavy atom. The van der Waals surface area contributed by atoms with Crippen molar-refractivity contribution in [1.29, 1.82) is 0 Å². The van der Waals surface area contributed by atoms with Crippen LogP contribution in [-0.4, -0.2) is 35.0 Å². The van der Waals surface area contributed by atoms with Crippen molar-refractivity contribution in [3.63, 3.8) is 0 Å². The highest BCUT2D eigenvalue weighted by molar-refractivity contribution is 5.72. The van der Waals surface area contributed by atoms with Crippen LogP contribution in [0.15, 0.2) is 23.3 Å². The summed E-state index contributed by atoms with van der Waals surface area (Å²) in [5.41, 5.74) is 2.83. The van der Waals surface area contributed by atoms with Gasteiger partial charge in [-0.1, -0.05) is 56.4 Å². The topological polar surface area (TPSA) is 66.8 Å². The van der Waals surface area contributed by atoms with E-state index in [-0.39, 0.29) is 17.3 Å². The summed E-state index contributed by atoms with van der Waals surface area (Å²) in [4.78, 5) is 13.0. The largest absolute Gasteiger partial charge is 0.465 e. The van der Waals surface area contributed by atoms with Crippen LogP contribution in [0.5, 0.6) is 0 Å². The van der Waals surface area contributed by atoms with E-state index in [0.717, 1.165) is 24.8 Å².